The number of para-hydroxylation sites is 2. The zero-order chi connectivity index (χ0) is 19.4. The molecule has 3 rings (SSSR count). The van der Waals surface area contributed by atoms with Crippen molar-refractivity contribution in [1.82, 2.24) is 9.97 Å². The van der Waals surface area contributed by atoms with Crippen molar-refractivity contribution < 1.29 is 9.18 Å². The van der Waals surface area contributed by atoms with Crippen LogP contribution in [0.4, 0.5) is 21.6 Å². The molecule has 0 radical (unpaired) electrons. The Bertz CT molecular complexity index is 949. The zero-order valence-electron chi connectivity index (χ0n) is 15.5. The van der Waals surface area contributed by atoms with E-state index >= 15 is 0 Å². The van der Waals surface area contributed by atoms with Gasteiger partial charge in [-0.3, -0.25) is 4.79 Å². The highest BCUT2D eigenvalue weighted by Crippen LogP contribution is 2.29. The number of anilines is 3. The number of nitrogens with zero attached hydrogens (tertiary/aromatic N) is 2. The molecule has 0 unspecified atom stereocenters. The highest BCUT2D eigenvalue weighted by Gasteiger charge is 2.19. The molecule has 0 saturated heterocycles. The molecular weight excluding hydrogens is 343 g/mol. The summed E-state index contributed by atoms with van der Waals surface area (Å²) in [4.78, 5) is 20.8. The van der Waals surface area contributed by atoms with Crippen LogP contribution in [0.2, 0.25) is 0 Å². The molecule has 2 N–H and O–H groups in total. The van der Waals surface area contributed by atoms with Crippen LogP contribution in [-0.2, 0) is 5.41 Å². The maximum atomic E-state index is 13.7. The van der Waals surface area contributed by atoms with Crippen molar-refractivity contribution in [3.8, 4) is 0 Å². The summed E-state index contributed by atoms with van der Waals surface area (Å²) in [5.41, 5.74) is 2.14. The van der Waals surface area contributed by atoms with Crippen molar-refractivity contribution in [1.29, 1.82) is 0 Å². The van der Waals surface area contributed by atoms with E-state index in [1.54, 1.807) is 18.2 Å². The van der Waals surface area contributed by atoms with E-state index in [1.165, 1.54) is 18.5 Å². The number of aromatic nitrogens is 2. The van der Waals surface area contributed by atoms with Gasteiger partial charge in [0.1, 0.15) is 17.3 Å². The minimum absolute atomic E-state index is 0.108. The Kier molecular flexibility index (Phi) is 5.16. The average Bonchev–Trinajstić information content (AvgIpc) is 2.64. The molecule has 0 saturated carbocycles. The summed E-state index contributed by atoms with van der Waals surface area (Å²) in [6.45, 7) is 6.25. The van der Waals surface area contributed by atoms with Gasteiger partial charge in [-0.15, -0.1) is 0 Å². The first kappa shape index (κ1) is 18.5. The number of hydrogen-bond donors (Lipinski definition) is 2. The van der Waals surface area contributed by atoms with Gasteiger partial charge in [0.2, 0.25) is 0 Å². The van der Waals surface area contributed by atoms with Gasteiger partial charge in [0.15, 0.2) is 0 Å². The molecule has 0 aliphatic carbocycles. The van der Waals surface area contributed by atoms with Gasteiger partial charge in [-0.05, 0) is 29.2 Å². The third-order valence-electron chi connectivity index (χ3n) is 4.00. The van der Waals surface area contributed by atoms with E-state index < -0.39 is 0 Å². The topological polar surface area (TPSA) is 66.9 Å². The Morgan fingerprint density at radius 2 is 1.59 bits per heavy atom. The zero-order valence-corrected chi connectivity index (χ0v) is 15.5. The average molecular weight is 364 g/mol. The first-order valence-electron chi connectivity index (χ1n) is 8.59. The Morgan fingerprint density at radius 1 is 0.926 bits per heavy atom. The van der Waals surface area contributed by atoms with Crippen LogP contribution < -0.4 is 10.6 Å². The number of amides is 1. The first-order valence-corrected chi connectivity index (χ1v) is 8.59. The second kappa shape index (κ2) is 7.53. The van der Waals surface area contributed by atoms with Crippen molar-refractivity contribution in [2.45, 2.75) is 26.2 Å². The third-order valence-corrected chi connectivity index (χ3v) is 4.00. The van der Waals surface area contributed by atoms with E-state index in [2.05, 4.69) is 41.4 Å². The molecule has 27 heavy (non-hydrogen) atoms. The van der Waals surface area contributed by atoms with Crippen LogP contribution in [-0.4, -0.2) is 15.9 Å². The summed E-state index contributed by atoms with van der Waals surface area (Å²) in [6.07, 6.45) is 2.76. The van der Waals surface area contributed by atoms with Crippen molar-refractivity contribution >= 4 is 23.1 Å². The van der Waals surface area contributed by atoms with Crippen LogP contribution in [0.1, 0.15) is 36.8 Å². The monoisotopic (exact) mass is 364 g/mol. The summed E-state index contributed by atoms with van der Waals surface area (Å²) < 4.78 is 13.7. The molecule has 0 fully saturated rings. The predicted octanol–water partition coefficient (Wildman–Crippen LogP) is 4.91. The lowest BCUT2D eigenvalue weighted by atomic mass is 9.86. The molecule has 1 amide bonds. The number of carbonyl (C=O) groups excluding carboxylic acids is 1. The van der Waals surface area contributed by atoms with Crippen LogP contribution in [0.3, 0.4) is 0 Å². The summed E-state index contributed by atoms with van der Waals surface area (Å²) in [5, 5.41) is 5.73. The van der Waals surface area contributed by atoms with Gasteiger partial charge in [-0.1, -0.05) is 51.1 Å². The molecule has 0 aliphatic heterocycles. The molecule has 0 spiro atoms. The van der Waals surface area contributed by atoms with Gasteiger partial charge in [0.25, 0.3) is 5.91 Å². The molecule has 3 aromatic rings. The molecule has 1 heterocycles. The fourth-order valence-corrected chi connectivity index (χ4v) is 2.64. The van der Waals surface area contributed by atoms with E-state index in [0.29, 0.717) is 11.5 Å². The second-order valence-electron chi connectivity index (χ2n) is 7.14. The normalized spacial score (nSPS) is 11.1. The number of nitrogens with one attached hydrogen (secondary N) is 2. The summed E-state index contributed by atoms with van der Waals surface area (Å²) in [6, 6.07) is 13.9. The summed E-state index contributed by atoms with van der Waals surface area (Å²) >= 11 is 0. The quantitative estimate of drug-likeness (QED) is 0.690. The van der Waals surface area contributed by atoms with Crippen LogP contribution in [0.25, 0.3) is 0 Å². The van der Waals surface area contributed by atoms with E-state index in [1.807, 2.05) is 24.3 Å². The van der Waals surface area contributed by atoms with Crippen LogP contribution >= 0.6 is 0 Å². The predicted molar refractivity (Wildman–Crippen MR) is 105 cm³/mol. The van der Waals surface area contributed by atoms with Gasteiger partial charge in [0.05, 0.1) is 18.1 Å². The number of hydrogen-bond acceptors (Lipinski definition) is 4. The molecule has 0 atom stereocenters. The minimum atomic E-state index is -0.389. The Balaban J connectivity index is 1.75. The fraction of sp³-hybridized carbons (Fsp3) is 0.190. The van der Waals surface area contributed by atoms with Gasteiger partial charge in [-0.25, -0.2) is 14.4 Å². The van der Waals surface area contributed by atoms with Crippen molar-refractivity contribution in [2.75, 3.05) is 10.6 Å². The van der Waals surface area contributed by atoms with E-state index in [-0.39, 0.29) is 22.8 Å². The minimum Gasteiger partial charge on any atom is -0.337 e. The second-order valence-corrected chi connectivity index (χ2v) is 7.14. The summed E-state index contributed by atoms with van der Waals surface area (Å²) in [5.74, 6) is -0.386. The molecule has 0 aliphatic rings. The van der Waals surface area contributed by atoms with E-state index in [4.69, 9.17) is 0 Å². The molecule has 5 nitrogen and oxygen atoms in total. The molecule has 6 heteroatoms. The first-order chi connectivity index (χ1) is 12.8. The van der Waals surface area contributed by atoms with Gasteiger partial charge in [0, 0.05) is 5.69 Å². The van der Waals surface area contributed by atoms with Gasteiger partial charge < -0.3 is 10.6 Å². The molecule has 0 bridgehead atoms. The Labute approximate surface area is 157 Å². The lowest BCUT2D eigenvalue weighted by Gasteiger charge is -2.22. The molecule has 2 aromatic carbocycles. The van der Waals surface area contributed by atoms with E-state index in [0.717, 1.165) is 11.3 Å². The number of benzene rings is 2. The number of carbonyl (C=O) groups is 1. The number of halogens is 1. The maximum absolute atomic E-state index is 13.7. The van der Waals surface area contributed by atoms with Gasteiger partial charge >= 0.3 is 0 Å². The van der Waals surface area contributed by atoms with Crippen LogP contribution in [0.15, 0.2) is 60.9 Å². The van der Waals surface area contributed by atoms with Crippen molar-refractivity contribution in [3.63, 3.8) is 0 Å². The summed E-state index contributed by atoms with van der Waals surface area (Å²) in [7, 11) is 0. The van der Waals surface area contributed by atoms with E-state index in [9.17, 15) is 9.18 Å². The lowest BCUT2D eigenvalue weighted by molar-refractivity contribution is 0.102. The largest absolute Gasteiger partial charge is 0.337 e. The third kappa shape index (κ3) is 4.47. The highest BCUT2D eigenvalue weighted by atomic mass is 19.1. The number of rotatable bonds is 4. The van der Waals surface area contributed by atoms with Crippen molar-refractivity contribution in [3.05, 3.63) is 78.0 Å². The molecular formula is C21H21FN4O. The lowest BCUT2D eigenvalue weighted by Crippen LogP contribution is -2.19. The SMILES string of the molecule is CC(C)(C)c1ccccc1NC(=O)c1cnc(Nc2ccccc2F)cn1. The van der Waals surface area contributed by atoms with Crippen LogP contribution in [0.5, 0.6) is 0 Å². The maximum Gasteiger partial charge on any atom is 0.275 e. The molecule has 1 aromatic heterocycles. The smallest absolute Gasteiger partial charge is 0.275 e. The van der Waals surface area contributed by atoms with Crippen molar-refractivity contribution in [2.24, 2.45) is 0 Å². The fourth-order valence-electron chi connectivity index (χ4n) is 2.64. The highest BCUT2D eigenvalue weighted by molar-refractivity contribution is 6.03. The Hall–Kier alpha value is -3.28. The standard InChI is InChI=1S/C21H21FN4O/c1-21(2,3)14-8-4-6-10-16(14)26-20(27)18-12-24-19(13-23-18)25-17-11-7-5-9-15(17)22/h4-13H,1-3H3,(H,24,25)(H,26,27). The Morgan fingerprint density at radius 3 is 2.22 bits per heavy atom. The molecule has 138 valence electrons. The van der Waals surface area contributed by atoms with Gasteiger partial charge in [-0.2, -0.15) is 0 Å². The van der Waals surface area contributed by atoms with Crippen LogP contribution in [0, 0.1) is 5.82 Å².